The molecule has 1 amide bonds. The molecule has 0 aliphatic carbocycles. The molecule has 5 nitrogen and oxygen atoms in total. The molecule has 2 heterocycles. The van der Waals surface area contributed by atoms with Crippen molar-refractivity contribution in [3.8, 4) is 11.6 Å². The number of halogens is 1. The van der Waals surface area contributed by atoms with Crippen molar-refractivity contribution in [1.29, 1.82) is 0 Å². The molecule has 1 aliphatic rings. The molecular weight excluding hydrogens is 372 g/mol. The molecule has 1 aromatic carbocycles. The summed E-state index contributed by atoms with van der Waals surface area (Å²) in [6.07, 6.45) is 2.08. The molecule has 0 radical (unpaired) electrons. The van der Waals surface area contributed by atoms with Crippen LogP contribution >= 0.6 is 15.9 Å². The number of nitrogens with zero attached hydrogens (tertiary/aromatic N) is 2. The minimum Gasteiger partial charge on any atom is -0.494 e. The minimum atomic E-state index is 0.000445. The highest BCUT2D eigenvalue weighted by Crippen LogP contribution is 2.24. The number of ether oxygens (including phenoxy) is 2. The topological polar surface area (TPSA) is 51.7 Å². The molecule has 1 aromatic heterocycles. The van der Waals surface area contributed by atoms with Crippen molar-refractivity contribution >= 4 is 21.8 Å². The number of hydrogen-bond donors (Lipinski definition) is 0. The third-order valence-electron chi connectivity index (χ3n) is 3.79. The van der Waals surface area contributed by atoms with Gasteiger partial charge in [0, 0.05) is 6.20 Å². The lowest BCUT2D eigenvalue weighted by Gasteiger charge is -2.38. The van der Waals surface area contributed by atoms with Gasteiger partial charge in [-0.3, -0.25) is 4.79 Å². The van der Waals surface area contributed by atoms with Crippen LogP contribution in [0.3, 0.4) is 0 Å². The molecule has 6 heteroatoms. The van der Waals surface area contributed by atoms with E-state index in [9.17, 15) is 4.79 Å². The lowest BCUT2D eigenvalue weighted by Crippen LogP contribution is -2.56. The second-order valence-corrected chi connectivity index (χ2v) is 6.44. The first kappa shape index (κ1) is 16.8. The Balaban J connectivity index is 1.47. The highest BCUT2D eigenvalue weighted by molar-refractivity contribution is 9.10. The molecule has 0 unspecified atom stereocenters. The van der Waals surface area contributed by atoms with Gasteiger partial charge in [0.1, 0.15) is 11.9 Å². The smallest absolute Gasteiger partial charge is 0.228 e. The van der Waals surface area contributed by atoms with Crippen molar-refractivity contribution in [2.24, 2.45) is 0 Å². The molecule has 1 saturated heterocycles. The van der Waals surface area contributed by atoms with E-state index < -0.39 is 0 Å². The summed E-state index contributed by atoms with van der Waals surface area (Å²) in [4.78, 5) is 18.3. The van der Waals surface area contributed by atoms with E-state index >= 15 is 0 Å². The predicted octanol–water partition coefficient (Wildman–Crippen LogP) is 3.08. The maximum absolute atomic E-state index is 12.3. The predicted molar refractivity (Wildman–Crippen MR) is 94.2 cm³/mol. The second-order valence-electron chi connectivity index (χ2n) is 5.58. The fourth-order valence-electron chi connectivity index (χ4n) is 2.49. The summed E-state index contributed by atoms with van der Waals surface area (Å²) in [7, 11) is 0. The minimum absolute atomic E-state index is 0.000445. The third-order valence-corrected chi connectivity index (χ3v) is 4.40. The average molecular weight is 391 g/mol. The zero-order chi connectivity index (χ0) is 16.9. The van der Waals surface area contributed by atoms with E-state index in [-0.39, 0.29) is 12.0 Å². The number of aromatic nitrogens is 1. The number of amides is 1. The van der Waals surface area contributed by atoms with Crippen molar-refractivity contribution in [3.63, 3.8) is 0 Å². The number of pyridine rings is 1. The Morgan fingerprint density at radius 3 is 2.71 bits per heavy atom. The van der Waals surface area contributed by atoms with Crippen molar-refractivity contribution < 1.29 is 14.3 Å². The van der Waals surface area contributed by atoms with E-state index in [1.807, 2.05) is 43.3 Å². The van der Waals surface area contributed by atoms with E-state index in [2.05, 4.69) is 20.9 Å². The number of likely N-dealkylation sites (tertiary alicyclic amines) is 1. The van der Waals surface area contributed by atoms with E-state index in [1.165, 1.54) is 0 Å². The van der Waals surface area contributed by atoms with Crippen molar-refractivity contribution in [1.82, 2.24) is 9.88 Å². The van der Waals surface area contributed by atoms with Crippen LogP contribution in [0.1, 0.15) is 12.5 Å². The van der Waals surface area contributed by atoms with Gasteiger partial charge < -0.3 is 14.4 Å². The summed E-state index contributed by atoms with van der Waals surface area (Å²) in [5.41, 5.74) is 0.986. The van der Waals surface area contributed by atoms with Gasteiger partial charge >= 0.3 is 0 Å². The first-order chi connectivity index (χ1) is 11.7. The lowest BCUT2D eigenvalue weighted by molar-refractivity contribution is -0.139. The summed E-state index contributed by atoms with van der Waals surface area (Å²) >= 11 is 3.40. The summed E-state index contributed by atoms with van der Waals surface area (Å²) in [6.45, 7) is 3.78. The number of benzene rings is 1. The average Bonchev–Trinajstić information content (AvgIpc) is 2.54. The summed E-state index contributed by atoms with van der Waals surface area (Å²) < 4.78 is 12.0. The van der Waals surface area contributed by atoms with E-state index in [0.717, 1.165) is 15.8 Å². The largest absolute Gasteiger partial charge is 0.494 e. The Bertz CT molecular complexity index is 700. The molecule has 0 saturated carbocycles. The molecule has 0 bridgehead atoms. The number of rotatable bonds is 6. The highest BCUT2D eigenvalue weighted by atomic mass is 79.9. The van der Waals surface area contributed by atoms with Crippen LogP contribution in [0, 0.1) is 0 Å². The quantitative estimate of drug-likeness (QED) is 0.760. The van der Waals surface area contributed by atoms with Gasteiger partial charge in [0.15, 0.2) is 0 Å². The molecule has 126 valence electrons. The third kappa shape index (κ3) is 4.06. The summed E-state index contributed by atoms with van der Waals surface area (Å²) in [6, 6.07) is 11.4. The monoisotopic (exact) mass is 390 g/mol. The maximum atomic E-state index is 12.3. The van der Waals surface area contributed by atoms with Crippen LogP contribution in [-0.4, -0.2) is 41.6 Å². The Hall–Kier alpha value is -2.08. The number of carbonyl (C=O) groups is 1. The first-order valence-corrected chi connectivity index (χ1v) is 8.71. The molecule has 0 spiro atoms. The second kappa shape index (κ2) is 7.66. The van der Waals surface area contributed by atoms with Crippen LogP contribution in [0.5, 0.6) is 11.6 Å². The number of carbonyl (C=O) groups excluding carboxylic acids is 1. The van der Waals surface area contributed by atoms with Crippen LogP contribution in [-0.2, 0) is 11.2 Å². The van der Waals surface area contributed by atoms with Gasteiger partial charge in [-0.1, -0.05) is 12.1 Å². The van der Waals surface area contributed by atoms with Crippen molar-refractivity contribution in [3.05, 3.63) is 52.6 Å². The van der Waals surface area contributed by atoms with Crippen LogP contribution in [0.15, 0.2) is 47.1 Å². The summed E-state index contributed by atoms with van der Waals surface area (Å²) in [5.74, 6) is 1.51. The summed E-state index contributed by atoms with van der Waals surface area (Å²) in [5, 5.41) is 0. The van der Waals surface area contributed by atoms with Crippen molar-refractivity contribution in [2.75, 3.05) is 19.7 Å². The SMILES string of the molecule is CCOc1ccc(CC(=O)N2CC(Oc3ncccc3Br)C2)cc1. The molecule has 24 heavy (non-hydrogen) atoms. The lowest BCUT2D eigenvalue weighted by atomic mass is 10.1. The molecular formula is C18H19BrN2O3. The standard InChI is InChI=1S/C18H19BrN2O3/c1-2-23-14-7-5-13(6-8-14)10-17(22)21-11-15(12-21)24-18-16(19)4-3-9-20-18/h3-9,15H,2,10-12H2,1H3. The van der Waals surface area contributed by atoms with E-state index in [0.29, 0.717) is 32.0 Å². The number of hydrogen-bond acceptors (Lipinski definition) is 4. The van der Waals surface area contributed by atoms with Gasteiger partial charge in [-0.05, 0) is 52.7 Å². The van der Waals surface area contributed by atoms with E-state index in [1.54, 1.807) is 11.1 Å². The fraction of sp³-hybridized carbons (Fsp3) is 0.333. The molecule has 1 fully saturated rings. The highest BCUT2D eigenvalue weighted by Gasteiger charge is 2.32. The molecule has 3 rings (SSSR count). The molecule has 1 aliphatic heterocycles. The van der Waals surface area contributed by atoms with Crippen LogP contribution in [0.2, 0.25) is 0 Å². The van der Waals surface area contributed by atoms with Crippen molar-refractivity contribution in [2.45, 2.75) is 19.4 Å². The normalized spacial score (nSPS) is 14.2. The fourth-order valence-corrected chi connectivity index (χ4v) is 2.84. The zero-order valence-corrected chi connectivity index (χ0v) is 15.0. The van der Waals surface area contributed by atoms with Gasteiger partial charge in [0.25, 0.3) is 0 Å². The molecule has 0 N–H and O–H groups in total. The Morgan fingerprint density at radius 2 is 2.04 bits per heavy atom. The van der Waals surface area contributed by atoms with Crippen LogP contribution in [0.25, 0.3) is 0 Å². The Kier molecular flexibility index (Phi) is 5.35. The molecule has 0 atom stereocenters. The molecule has 2 aromatic rings. The van der Waals surface area contributed by atoms with Gasteiger partial charge in [-0.15, -0.1) is 0 Å². The Morgan fingerprint density at radius 1 is 1.29 bits per heavy atom. The first-order valence-electron chi connectivity index (χ1n) is 7.92. The van der Waals surface area contributed by atoms with Gasteiger partial charge in [0.2, 0.25) is 11.8 Å². The Labute approximate surface area is 149 Å². The van der Waals surface area contributed by atoms with Gasteiger partial charge in [-0.2, -0.15) is 0 Å². The van der Waals surface area contributed by atoms with Crippen LogP contribution in [0.4, 0.5) is 0 Å². The van der Waals surface area contributed by atoms with E-state index in [4.69, 9.17) is 9.47 Å². The van der Waals surface area contributed by atoms with Gasteiger partial charge in [0.05, 0.1) is 30.6 Å². The maximum Gasteiger partial charge on any atom is 0.228 e. The van der Waals surface area contributed by atoms with Crippen LogP contribution < -0.4 is 9.47 Å². The van der Waals surface area contributed by atoms with Gasteiger partial charge in [-0.25, -0.2) is 4.98 Å². The zero-order valence-electron chi connectivity index (χ0n) is 13.4.